The summed E-state index contributed by atoms with van der Waals surface area (Å²) in [5.41, 5.74) is 2.38. The van der Waals surface area contributed by atoms with Crippen LogP contribution in [0.4, 0.5) is 8.78 Å². The number of rotatable bonds is 7. The second-order valence-electron chi connectivity index (χ2n) is 10.1. The summed E-state index contributed by atoms with van der Waals surface area (Å²) in [6.07, 6.45) is 2.95. The molecular formula is C27H29F2N5O2. The van der Waals surface area contributed by atoms with E-state index in [1.54, 1.807) is 0 Å². The number of carbonyl (C=O) groups excluding carboxylic acids is 2. The average Bonchev–Trinajstić information content (AvgIpc) is 3.51. The fourth-order valence-electron chi connectivity index (χ4n) is 5.30. The van der Waals surface area contributed by atoms with Crippen LogP contribution in [0.2, 0.25) is 0 Å². The molecule has 9 heteroatoms. The van der Waals surface area contributed by atoms with Gasteiger partial charge >= 0.3 is 0 Å². The lowest BCUT2D eigenvalue weighted by atomic mass is 9.66. The van der Waals surface area contributed by atoms with E-state index in [0.717, 1.165) is 24.8 Å². The Bertz CT molecular complexity index is 1230. The van der Waals surface area contributed by atoms with Crippen molar-refractivity contribution in [3.8, 4) is 0 Å². The third-order valence-electron chi connectivity index (χ3n) is 7.53. The number of hydrogen-bond donors (Lipinski definition) is 2. The first kappa shape index (κ1) is 24.1. The Hall–Kier alpha value is -3.62. The molecule has 1 aliphatic carbocycles. The van der Waals surface area contributed by atoms with E-state index in [9.17, 15) is 14.0 Å². The van der Waals surface area contributed by atoms with Gasteiger partial charge in [0.25, 0.3) is 0 Å². The van der Waals surface area contributed by atoms with Gasteiger partial charge in [0.15, 0.2) is 0 Å². The maximum atomic E-state index is 15.3. The van der Waals surface area contributed by atoms with Crippen LogP contribution in [0.25, 0.3) is 0 Å². The number of nitrogens with one attached hydrogen (secondary N) is 2. The Morgan fingerprint density at radius 3 is 2.61 bits per heavy atom. The number of alkyl halides is 1. The molecule has 2 amide bonds. The zero-order chi connectivity index (χ0) is 25.3. The molecular weight excluding hydrogens is 464 g/mol. The Morgan fingerprint density at radius 2 is 1.97 bits per heavy atom. The second kappa shape index (κ2) is 9.79. The van der Waals surface area contributed by atoms with Crippen molar-refractivity contribution in [1.29, 1.82) is 0 Å². The minimum Gasteiger partial charge on any atom is -0.343 e. The summed E-state index contributed by atoms with van der Waals surface area (Å²) in [4.78, 5) is 27.6. The van der Waals surface area contributed by atoms with Crippen LogP contribution >= 0.6 is 0 Å². The lowest BCUT2D eigenvalue weighted by Crippen LogP contribution is -2.47. The van der Waals surface area contributed by atoms with Gasteiger partial charge in [0.05, 0.1) is 30.9 Å². The van der Waals surface area contributed by atoms with Crippen LogP contribution in [-0.2, 0) is 21.4 Å². The van der Waals surface area contributed by atoms with Crippen LogP contribution in [0.15, 0.2) is 54.7 Å². The third kappa shape index (κ3) is 4.74. The van der Waals surface area contributed by atoms with Gasteiger partial charge in [-0.25, -0.2) is 8.78 Å². The summed E-state index contributed by atoms with van der Waals surface area (Å²) in [7, 11) is 0. The zero-order valence-electron chi connectivity index (χ0n) is 20.1. The Morgan fingerprint density at radius 1 is 1.19 bits per heavy atom. The molecule has 1 aromatic heterocycles. The number of hydrogen-bond acceptors (Lipinski definition) is 4. The molecule has 2 N–H and O–H groups in total. The summed E-state index contributed by atoms with van der Waals surface area (Å²) in [5.74, 6) is -1.16. The van der Waals surface area contributed by atoms with Crippen molar-refractivity contribution in [2.75, 3.05) is 6.54 Å². The topological polar surface area (TPSA) is 91.0 Å². The standard InChI is InChI=1S/C27H29F2N5O2/c1-27(10-5-11-27)21-9-8-18(12-22(21)29)25(17-6-3-2-4-7-17)31-26(36)23-13-19(28)16-34(23)24(35)14-20-15-30-33-32-20/h2-4,6-9,12,15,19,23,25H,5,10-11,13-14,16H2,1H3,(H,31,36)(H,30,32,33)/t19-,23+,25-/m1/s1. The van der Waals surface area contributed by atoms with Crippen molar-refractivity contribution in [1.82, 2.24) is 25.6 Å². The van der Waals surface area contributed by atoms with Crippen LogP contribution in [-0.4, -0.2) is 50.9 Å². The predicted molar refractivity (Wildman–Crippen MR) is 129 cm³/mol. The van der Waals surface area contributed by atoms with Crippen LogP contribution in [0.1, 0.15) is 61.0 Å². The van der Waals surface area contributed by atoms with E-state index in [1.165, 1.54) is 17.2 Å². The van der Waals surface area contributed by atoms with E-state index in [2.05, 4.69) is 27.7 Å². The molecule has 0 bridgehead atoms. The molecule has 2 aromatic carbocycles. The van der Waals surface area contributed by atoms with Crippen LogP contribution in [0, 0.1) is 5.82 Å². The highest BCUT2D eigenvalue weighted by atomic mass is 19.1. The van der Waals surface area contributed by atoms with Gasteiger partial charge in [-0.1, -0.05) is 61.0 Å². The summed E-state index contributed by atoms with van der Waals surface area (Å²) >= 11 is 0. The molecule has 0 spiro atoms. The normalized spacial score (nSPS) is 21.6. The van der Waals surface area contributed by atoms with E-state index in [4.69, 9.17) is 0 Å². The van der Waals surface area contributed by atoms with Gasteiger partial charge in [-0.3, -0.25) is 14.7 Å². The maximum absolute atomic E-state index is 15.3. The van der Waals surface area contributed by atoms with Crippen LogP contribution < -0.4 is 5.32 Å². The lowest BCUT2D eigenvalue weighted by molar-refractivity contribution is -0.138. The van der Waals surface area contributed by atoms with Gasteiger partial charge < -0.3 is 10.2 Å². The number of aromatic amines is 1. The third-order valence-corrected chi connectivity index (χ3v) is 7.53. The highest BCUT2D eigenvalue weighted by Crippen LogP contribution is 2.44. The summed E-state index contributed by atoms with van der Waals surface area (Å²) in [6.45, 7) is 1.92. The first-order chi connectivity index (χ1) is 17.3. The largest absolute Gasteiger partial charge is 0.343 e. The molecule has 3 aromatic rings. The molecule has 1 saturated carbocycles. The van der Waals surface area contributed by atoms with Gasteiger partial charge in [-0.2, -0.15) is 0 Å². The fraction of sp³-hybridized carbons (Fsp3) is 0.407. The first-order valence-corrected chi connectivity index (χ1v) is 12.3. The Kier molecular flexibility index (Phi) is 6.55. The molecule has 1 saturated heterocycles. The van der Waals surface area contributed by atoms with Crippen molar-refractivity contribution in [3.63, 3.8) is 0 Å². The molecule has 7 nitrogen and oxygen atoms in total. The highest BCUT2D eigenvalue weighted by molar-refractivity contribution is 5.89. The molecule has 2 heterocycles. The molecule has 188 valence electrons. The van der Waals surface area contributed by atoms with Crippen molar-refractivity contribution < 1.29 is 18.4 Å². The lowest BCUT2D eigenvalue weighted by Gasteiger charge is -2.39. The number of benzene rings is 2. The van der Waals surface area contributed by atoms with Crippen LogP contribution in [0.3, 0.4) is 0 Å². The average molecular weight is 494 g/mol. The zero-order valence-corrected chi connectivity index (χ0v) is 20.1. The number of halogens is 2. The van der Waals surface area contributed by atoms with Gasteiger partial charge in [0.2, 0.25) is 11.8 Å². The molecule has 0 unspecified atom stereocenters. The Balaban J connectivity index is 1.39. The SMILES string of the molecule is CC1(c2ccc([C@H](NC(=O)[C@@H]3C[C@@H](F)CN3C(=O)Cc3cnn[nH]3)c3ccccc3)cc2F)CCC1. The number of amides is 2. The minimum absolute atomic E-state index is 0.0585. The second-order valence-corrected chi connectivity index (χ2v) is 10.1. The summed E-state index contributed by atoms with van der Waals surface area (Å²) in [6, 6.07) is 12.8. The minimum atomic E-state index is -1.31. The molecule has 3 atom stereocenters. The fourth-order valence-corrected chi connectivity index (χ4v) is 5.30. The van der Waals surface area contributed by atoms with E-state index in [-0.39, 0.29) is 36.5 Å². The number of H-pyrrole nitrogens is 1. The van der Waals surface area contributed by atoms with Gasteiger partial charge in [-0.15, -0.1) is 5.10 Å². The van der Waals surface area contributed by atoms with Crippen LogP contribution in [0.5, 0.6) is 0 Å². The maximum Gasteiger partial charge on any atom is 0.243 e. The number of likely N-dealkylation sites (tertiary alicyclic amines) is 1. The first-order valence-electron chi connectivity index (χ1n) is 12.3. The van der Waals surface area contributed by atoms with Crippen molar-refractivity contribution in [2.45, 2.75) is 62.7 Å². The molecule has 2 aliphatic rings. The Labute approximate surface area is 208 Å². The molecule has 36 heavy (non-hydrogen) atoms. The summed E-state index contributed by atoms with van der Waals surface area (Å²) in [5, 5.41) is 12.8. The van der Waals surface area contributed by atoms with Crippen molar-refractivity contribution >= 4 is 11.8 Å². The van der Waals surface area contributed by atoms with E-state index in [1.807, 2.05) is 42.5 Å². The van der Waals surface area contributed by atoms with Crippen molar-refractivity contribution in [2.24, 2.45) is 0 Å². The smallest absolute Gasteiger partial charge is 0.243 e. The quantitative estimate of drug-likeness (QED) is 0.524. The molecule has 1 aliphatic heterocycles. The van der Waals surface area contributed by atoms with Gasteiger partial charge in [-0.05, 0) is 41.0 Å². The monoisotopic (exact) mass is 493 g/mol. The predicted octanol–water partition coefficient (Wildman–Crippen LogP) is 3.77. The van der Waals surface area contributed by atoms with E-state index in [0.29, 0.717) is 16.8 Å². The summed E-state index contributed by atoms with van der Waals surface area (Å²) < 4.78 is 29.7. The number of carbonyl (C=O) groups is 2. The number of nitrogens with zero attached hydrogens (tertiary/aromatic N) is 3. The highest BCUT2D eigenvalue weighted by Gasteiger charge is 2.41. The van der Waals surface area contributed by atoms with Gasteiger partial charge in [0.1, 0.15) is 18.0 Å². The van der Waals surface area contributed by atoms with Gasteiger partial charge in [0, 0.05) is 6.42 Å². The molecule has 5 rings (SSSR count). The van der Waals surface area contributed by atoms with Crippen molar-refractivity contribution in [3.05, 3.63) is 82.9 Å². The molecule has 2 fully saturated rings. The van der Waals surface area contributed by atoms with E-state index >= 15 is 4.39 Å². The number of aromatic nitrogens is 3. The molecule has 0 radical (unpaired) electrons. The van der Waals surface area contributed by atoms with E-state index < -0.39 is 24.2 Å².